The molecule has 1 amide bonds. The molecule has 0 aliphatic carbocycles. The van der Waals surface area contributed by atoms with E-state index < -0.39 is 0 Å². The average Bonchev–Trinajstić information content (AvgIpc) is 2.77. The van der Waals surface area contributed by atoms with Crippen LogP contribution < -0.4 is 10.6 Å². The number of nitrogens with zero attached hydrogens (tertiary/aromatic N) is 1. The molecule has 2 N–H and O–H groups in total. The van der Waals surface area contributed by atoms with Crippen LogP contribution in [0.15, 0.2) is 5.38 Å². The van der Waals surface area contributed by atoms with Crippen molar-refractivity contribution in [2.45, 2.75) is 32.4 Å². The van der Waals surface area contributed by atoms with E-state index in [9.17, 15) is 4.79 Å². The summed E-state index contributed by atoms with van der Waals surface area (Å²) in [6, 6.07) is 0.0927. The first-order chi connectivity index (χ1) is 8.65. The summed E-state index contributed by atoms with van der Waals surface area (Å²) in [6.45, 7) is 6.08. The molecule has 2 heterocycles. The first-order valence-corrected chi connectivity index (χ1v) is 7.05. The Morgan fingerprint density at radius 1 is 1.65 bits per heavy atom. The molecule has 0 bridgehead atoms. The lowest BCUT2D eigenvalue weighted by atomic mass is 10.1. The normalized spacial score (nSPS) is 19.4. The van der Waals surface area contributed by atoms with Gasteiger partial charge < -0.3 is 15.4 Å². The zero-order valence-electron chi connectivity index (χ0n) is 11.5. The van der Waals surface area contributed by atoms with Crippen molar-refractivity contribution in [1.82, 2.24) is 15.6 Å². The molecule has 116 valence electrons. The largest absolute Gasteiger partial charge is 0.378 e. The number of morpholine rings is 1. The SMILES string of the molecule is Cc1nc(C(C)NC(=O)CC2COCCN2)cs1.Cl.Cl. The highest BCUT2D eigenvalue weighted by atomic mass is 35.5. The second kappa shape index (κ2) is 9.52. The van der Waals surface area contributed by atoms with Gasteiger partial charge in [0.25, 0.3) is 0 Å². The molecule has 1 aliphatic rings. The Bertz CT molecular complexity index is 411. The molecule has 0 aromatic carbocycles. The summed E-state index contributed by atoms with van der Waals surface area (Å²) in [5, 5.41) is 9.24. The van der Waals surface area contributed by atoms with Crippen LogP contribution in [0.25, 0.3) is 0 Å². The monoisotopic (exact) mass is 341 g/mol. The van der Waals surface area contributed by atoms with E-state index >= 15 is 0 Å². The van der Waals surface area contributed by atoms with Crippen LogP contribution in [0, 0.1) is 6.92 Å². The maximum absolute atomic E-state index is 11.9. The molecule has 0 spiro atoms. The Balaban J connectivity index is 0.00000180. The van der Waals surface area contributed by atoms with Gasteiger partial charge in [0.05, 0.1) is 30.0 Å². The molecule has 1 aliphatic heterocycles. The van der Waals surface area contributed by atoms with Crippen molar-refractivity contribution < 1.29 is 9.53 Å². The number of nitrogens with one attached hydrogen (secondary N) is 2. The van der Waals surface area contributed by atoms with E-state index in [4.69, 9.17) is 4.74 Å². The minimum absolute atomic E-state index is 0. The van der Waals surface area contributed by atoms with Crippen LogP contribution in [0.2, 0.25) is 0 Å². The first-order valence-electron chi connectivity index (χ1n) is 6.17. The van der Waals surface area contributed by atoms with E-state index in [1.165, 1.54) is 0 Å². The number of amides is 1. The van der Waals surface area contributed by atoms with Gasteiger partial charge in [-0.05, 0) is 13.8 Å². The van der Waals surface area contributed by atoms with Crippen molar-refractivity contribution in [3.8, 4) is 0 Å². The van der Waals surface area contributed by atoms with Gasteiger partial charge in [0.2, 0.25) is 5.91 Å². The molecular weight excluding hydrogens is 321 g/mol. The third-order valence-electron chi connectivity index (χ3n) is 2.89. The second-order valence-corrected chi connectivity index (χ2v) is 5.57. The topological polar surface area (TPSA) is 63.2 Å². The molecule has 1 fully saturated rings. The van der Waals surface area contributed by atoms with Crippen LogP contribution in [-0.2, 0) is 9.53 Å². The average molecular weight is 342 g/mol. The van der Waals surface area contributed by atoms with Gasteiger partial charge >= 0.3 is 0 Å². The summed E-state index contributed by atoms with van der Waals surface area (Å²) in [6.07, 6.45) is 0.452. The highest BCUT2D eigenvalue weighted by Crippen LogP contribution is 2.15. The van der Waals surface area contributed by atoms with Crippen molar-refractivity contribution in [2.75, 3.05) is 19.8 Å². The summed E-state index contributed by atoms with van der Waals surface area (Å²) in [5.74, 6) is 0.0381. The molecule has 0 radical (unpaired) electrons. The number of carbonyl (C=O) groups is 1. The molecule has 1 saturated heterocycles. The van der Waals surface area contributed by atoms with Crippen LogP contribution >= 0.6 is 36.2 Å². The molecular formula is C12H21Cl2N3O2S. The molecule has 1 aromatic rings. The van der Waals surface area contributed by atoms with E-state index in [1.54, 1.807) is 11.3 Å². The maximum Gasteiger partial charge on any atom is 0.222 e. The molecule has 20 heavy (non-hydrogen) atoms. The second-order valence-electron chi connectivity index (χ2n) is 4.51. The van der Waals surface area contributed by atoms with Crippen LogP contribution in [0.5, 0.6) is 0 Å². The number of carbonyl (C=O) groups excluding carboxylic acids is 1. The highest BCUT2D eigenvalue weighted by molar-refractivity contribution is 7.09. The maximum atomic E-state index is 11.9. The number of thiazole rings is 1. The molecule has 0 saturated carbocycles. The minimum atomic E-state index is -0.0352. The summed E-state index contributed by atoms with van der Waals surface area (Å²) in [4.78, 5) is 16.2. The quantitative estimate of drug-likeness (QED) is 0.877. The number of hydrogen-bond acceptors (Lipinski definition) is 5. The third-order valence-corrected chi connectivity index (χ3v) is 3.68. The van der Waals surface area contributed by atoms with E-state index in [-0.39, 0.29) is 42.8 Å². The fraction of sp³-hybridized carbons (Fsp3) is 0.667. The fourth-order valence-corrected chi connectivity index (χ4v) is 2.63. The molecule has 2 unspecified atom stereocenters. The van der Waals surface area contributed by atoms with Crippen molar-refractivity contribution >= 4 is 42.1 Å². The van der Waals surface area contributed by atoms with E-state index in [0.717, 1.165) is 23.9 Å². The third kappa shape index (κ3) is 5.93. The van der Waals surface area contributed by atoms with E-state index in [0.29, 0.717) is 13.0 Å². The van der Waals surface area contributed by atoms with Gasteiger partial charge in [-0.2, -0.15) is 0 Å². The summed E-state index contributed by atoms with van der Waals surface area (Å²) < 4.78 is 5.32. The standard InChI is InChI=1S/C12H19N3O2S.2ClH/c1-8(11-7-18-9(2)15-11)14-12(16)5-10-6-17-4-3-13-10;;/h7-8,10,13H,3-6H2,1-2H3,(H,14,16);2*1H. The van der Waals surface area contributed by atoms with Gasteiger partial charge in [0, 0.05) is 24.4 Å². The summed E-state index contributed by atoms with van der Waals surface area (Å²) >= 11 is 1.60. The fourth-order valence-electron chi connectivity index (χ4n) is 1.93. The van der Waals surface area contributed by atoms with E-state index in [2.05, 4.69) is 15.6 Å². The first kappa shape index (κ1) is 19.6. The summed E-state index contributed by atoms with van der Waals surface area (Å²) in [5.41, 5.74) is 0.929. The highest BCUT2D eigenvalue weighted by Gasteiger charge is 2.18. The number of rotatable bonds is 4. The number of halogens is 2. The van der Waals surface area contributed by atoms with Crippen LogP contribution in [0.4, 0.5) is 0 Å². The van der Waals surface area contributed by atoms with Crippen molar-refractivity contribution in [3.63, 3.8) is 0 Å². The van der Waals surface area contributed by atoms with Crippen LogP contribution in [0.1, 0.15) is 30.1 Å². The van der Waals surface area contributed by atoms with Crippen molar-refractivity contribution in [3.05, 3.63) is 16.1 Å². The lowest BCUT2D eigenvalue weighted by molar-refractivity contribution is -0.122. The predicted octanol–water partition coefficient (Wildman–Crippen LogP) is 1.85. The lowest BCUT2D eigenvalue weighted by Crippen LogP contribution is -2.44. The zero-order valence-corrected chi connectivity index (χ0v) is 14.0. The van der Waals surface area contributed by atoms with Crippen LogP contribution in [0.3, 0.4) is 0 Å². The Kier molecular flexibility index (Phi) is 9.33. The van der Waals surface area contributed by atoms with Gasteiger partial charge in [-0.15, -0.1) is 36.2 Å². The molecule has 1 aromatic heterocycles. The van der Waals surface area contributed by atoms with Crippen LogP contribution in [-0.4, -0.2) is 36.7 Å². The smallest absolute Gasteiger partial charge is 0.222 e. The lowest BCUT2D eigenvalue weighted by Gasteiger charge is -2.23. The Morgan fingerprint density at radius 2 is 2.40 bits per heavy atom. The predicted molar refractivity (Wildman–Crippen MR) is 85.1 cm³/mol. The Hall–Kier alpha value is -0.400. The molecule has 2 atom stereocenters. The number of aromatic nitrogens is 1. The summed E-state index contributed by atoms with van der Waals surface area (Å²) in [7, 11) is 0. The van der Waals surface area contributed by atoms with Crippen molar-refractivity contribution in [1.29, 1.82) is 0 Å². The molecule has 2 rings (SSSR count). The Morgan fingerprint density at radius 3 is 2.95 bits per heavy atom. The molecule has 5 nitrogen and oxygen atoms in total. The van der Waals surface area contributed by atoms with Gasteiger partial charge in [-0.1, -0.05) is 0 Å². The number of ether oxygens (including phenoxy) is 1. The Labute approximate surface area is 135 Å². The molecule has 8 heteroatoms. The van der Waals surface area contributed by atoms with Gasteiger partial charge in [0.15, 0.2) is 0 Å². The zero-order chi connectivity index (χ0) is 13.0. The number of aryl methyl sites for hydroxylation is 1. The van der Waals surface area contributed by atoms with Gasteiger partial charge in [-0.25, -0.2) is 4.98 Å². The van der Waals surface area contributed by atoms with Crippen molar-refractivity contribution in [2.24, 2.45) is 0 Å². The number of hydrogen-bond donors (Lipinski definition) is 2. The van der Waals surface area contributed by atoms with Gasteiger partial charge in [0.1, 0.15) is 0 Å². The minimum Gasteiger partial charge on any atom is -0.378 e. The van der Waals surface area contributed by atoms with Gasteiger partial charge in [-0.3, -0.25) is 4.79 Å². The van der Waals surface area contributed by atoms with E-state index in [1.807, 2.05) is 19.2 Å².